The molecule has 0 saturated carbocycles. The number of rotatable bonds is 9. The van der Waals surface area contributed by atoms with Crippen molar-refractivity contribution in [2.24, 2.45) is 0 Å². The predicted molar refractivity (Wildman–Crippen MR) is 99.8 cm³/mol. The van der Waals surface area contributed by atoms with Crippen LogP contribution < -0.4 is 16.4 Å². The standard InChI is InChI=1S/C16H22N4O5.ClH/c1-3-17-11(2)10-18-15(21)5-4-8-19-13-7-6-12(20(23)24)9-14(13)25-16(19)22;/h6-7,9,11,17H,3-5,8,10H2,1-2H3,(H,18,21);1H/t11-;/m1./s1. The van der Waals surface area contributed by atoms with Crippen molar-refractivity contribution in [2.45, 2.75) is 39.3 Å². The van der Waals surface area contributed by atoms with Gasteiger partial charge >= 0.3 is 5.76 Å². The van der Waals surface area contributed by atoms with Gasteiger partial charge < -0.3 is 15.1 Å². The lowest BCUT2D eigenvalue weighted by Gasteiger charge is -2.13. The van der Waals surface area contributed by atoms with Gasteiger partial charge in [0, 0.05) is 31.6 Å². The number of amides is 1. The van der Waals surface area contributed by atoms with Crippen LogP contribution in [0, 0.1) is 10.1 Å². The van der Waals surface area contributed by atoms with Crippen LogP contribution in [0.3, 0.4) is 0 Å². The number of non-ortho nitro benzene ring substituents is 1. The highest BCUT2D eigenvalue weighted by molar-refractivity contribution is 5.85. The first kappa shape index (κ1) is 21.7. The minimum absolute atomic E-state index is 0. The lowest BCUT2D eigenvalue weighted by molar-refractivity contribution is -0.384. The number of hydrogen-bond acceptors (Lipinski definition) is 6. The first-order valence-corrected chi connectivity index (χ1v) is 8.20. The largest absolute Gasteiger partial charge is 0.419 e. The normalized spacial score (nSPS) is 11.8. The fraction of sp³-hybridized carbons (Fsp3) is 0.500. The van der Waals surface area contributed by atoms with E-state index in [1.807, 2.05) is 13.8 Å². The summed E-state index contributed by atoms with van der Waals surface area (Å²) in [6.45, 7) is 5.68. The van der Waals surface area contributed by atoms with Crippen molar-refractivity contribution < 1.29 is 14.1 Å². The summed E-state index contributed by atoms with van der Waals surface area (Å²) < 4.78 is 6.43. The summed E-state index contributed by atoms with van der Waals surface area (Å²) >= 11 is 0. The number of carbonyl (C=O) groups is 1. The molecule has 0 spiro atoms. The summed E-state index contributed by atoms with van der Waals surface area (Å²) in [6, 6.07) is 4.23. The molecular weight excluding hydrogens is 364 g/mol. The van der Waals surface area contributed by atoms with Gasteiger partial charge in [-0.05, 0) is 26.0 Å². The molecule has 0 fully saturated rings. The Morgan fingerprint density at radius 2 is 2.15 bits per heavy atom. The van der Waals surface area contributed by atoms with E-state index in [1.54, 1.807) is 0 Å². The first-order valence-electron chi connectivity index (χ1n) is 8.20. The number of fused-ring (bicyclic) bond motifs is 1. The fourth-order valence-corrected chi connectivity index (χ4v) is 2.55. The number of aryl methyl sites for hydroxylation is 1. The third-order valence-electron chi connectivity index (χ3n) is 3.81. The summed E-state index contributed by atoms with van der Waals surface area (Å²) in [4.78, 5) is 33.9. The van der Waals surface area contributed by atoms with Crippen LogP contribution in [0.2, 0.25) is 0 Å². The van der Waals surface area contributed by atoms with Gasteiger partial charge in [0.2, 0.25) is 5.91 Å². The van der Waals surface area contributed by atoms with E-state index in [2.05, 4.69) is 10.6 Å². The van der Waals surface area contributed by atoms with E-state index >= 15 is 0 Å². The van der Waals surface area contributed by atoms with Gasteiger partial charge in [-0.25, -0.2) is 4.79 Å². The van der Waals surface area contributed by atoms with Crippen LogP contribution >= 0.6 is 12.4 Å². The SMILES string of the molecule is CCN[C@H](C)CNC(=O)CCCn1c(=O)oc2cc([N+](=O)[O-])ccc21.Cl. The molecule has 1 aromatic carbocycles. The van der Waals surface area contributed by atoms with Gasteiger partial charge in [0.05, 0.1) is 16.5 Å². The summed E-state index contributed by atoms with van der Waals surface area (Å²) in [5, 5.41) is 16.8. The third kappa shape index (κ3) is 5.57. The molecule has 10 heteroatoms. The molecule has 26 heavy (non-hydrogen) atoms. The molecule has 0 aliphatic heterocycles. The van der Waals surface area contributed by atoms with Crippen LogP contribution in [0.4, 0.5) is 5.69 Å². The Morgan fingerprint density at radius 1 is 1.42 bits per heavy atom. The maximum atomic E-state index is 11.9. The van der Waals surface area contributed by atoms with Crippen molar-refractivity contribution in [2.75, 3.05) is 13.1 Å². The van der Waals surface area contributed by atoms with Crippen molar-refractivity contribution in [1.82, 2.24) is 15.2 Å². The molecule has 1 atom stereocenters. The van der Waals surface area contributed by atoms with Crippen LogP contribution in [0.5, 0.6) is 0 Å². The molecule has 2 aromatic rings. The summed E-state index contributed by atoms with van der Waals surface area (Å²) in [7, 11) is 0. The monoisotopic (exact) mass is 386 g/mol. The molecule has 2 N–H and O–H groups in total. The second-order valence-electron chi connectivity index (χ2n) is 5.80. The van der Waals surface area contributed by atoms with Crippen LogP contribution in [0.25, 0.3) is 11.1 Å². The number of oxazole rings is 1. The number of carbonyl (C=O) groups excluding carboxylic acids is 1. The fourth-order valence-electron chi connectivity index (χ4n) is 2.55. The number of nitro groups is 1. The van der Waals surface area contributed by atoms with Crippen molar-refractivity contribution in [3.8, 4) is 0 Å². The van der Waals surface area contributed by atoms with Crippen molar-refractivity contribution >= 4 is 35.1 Å². The zero-order chi connectivity index (χ0) is 18.4. The van der Waals surface area contributed by atoms with Gasteiger partial charge in [0.1, 0.15) is 0 Å². The van der Waals surface area contributed by atoms with E-state index in [0.717, 1.165) is 6.54 Å². The Balaban J connectivity index is 0.00000338. The van der Waals surface area contributed by atoms with E-state index < -0.39 is 10.7 Å². The van der Waals surface area contributed by atoms with Crippen LogP contribution in [0.15, 0.2) is 27.4 Å². The molecule has 144 valence electrons. The van der Waals surface area contributed by atoms with Crippen LogP contribution in [0.1, 0.15) is 26.7 Å². The number of benzene rings is 1. The van der Waals surface area contributed by atoms with Crippen molar-refractivity contribution in [3.05, 3.63) is 38.9 Å². The number of halogens is 1. The maximum absolute atomic E-state index is 11.9. The second-order valence-corrected chi connectivity index (χ2v) is 5.80. The lowest BCUT2D eigenvalue weighted by Crippen LogP contribution is -2.38. The molecule has 0 aliphatic rings. The Labute approximate surface area is 156 Å². The minimum atomic E-state index is -0.586. The Bertz CT molecular complexity index is 817. The number of nitrogens with one attached hydrogen (secondary N) is 2. The van der Waals surface area contributed by atoms with E-state index in [4.69, 9.17) is 4.42 Å². The van der Waals surface area contributed by atoms with Crippen molar-refractivity contribution in [1.29, 1.82) is 0 Å². The molecule has 0 saturated heterocycles. The minimum Gasteiger partial charge on any atom is -0.407 e. The molecule has 9 nitrogen and oxygen atoms in total. The van der Waals surface area contributed by atoms with Crippen molar-refractivity contribution in [3.63, 3.8) is 0 Å². The Hall–Kier alpha value is -2.39. The average Bonchev–Trinajstić information content (AvgIpc) is 2.88. The highest BCUT2D eigenvalue weighted by Gasteiger charge is 2.14. The predicted octanol–water partition coefficient (Wildman–Crippen LogP) is 1.82. The molecule has 2 rings (SSSR count). The molecule has 1 amide bonds. The van der Waals surface area contributed by atoms with E-state index in [9.17, 15) is 19.7 Å². The van der Waals surface area contributed by atoms with E-state index in [0.29, 0.717) is 25.0 Å². The van der Waals surface area contributed by atoms with Gasteiger partial charge in [-0.15, -0.1) is 12.4 Å². The number of nitro benzene ring substituents is 1. The van der Waals surface area contributed by atoms with E-state index in [1.165, 1.54) is 22.8 Å². The molecule has 1 aromatic heterocycles. The lowest BCUT2D eigenvalue weighted by atomic mass is 10.2. The van der Waals surface area contributed by atoms with Crippen LogP contribution in [-0.2, 0) is 11.3 Å². The third-order valence-corrected chi connectivity index (χ3v) is 3.81. The molecule has 1 heterocycles. The highest BCUT2D eigenvalue weighted by Crippen LogP contribution is 2.20. The second kappa shape index (κ2) is 9.93. The topological polar surface area (TPSA) is 119 Å². The summed E-state index contributed by atoms with van der Waals surface area (Å²) in [5.74, 6) is -0.669. The molecular formula is C16H23ClN4O5. The summed E-state index contributed by atoms with van der Waals surface area (Å²) in [6.07, 6.45) is 0.748. The number of hydrogen-bond donors (Lipinski definition) is 2. The van der Waals surface area contributed by atoms with Gasteiger partial charge in [-0.3, -0.25) is 19.5 Å². The van der Waals surface area contributed by atoms with Gasteiger partial charge in [-0.2, -0.15) is 0 Å². The zero-order valence-electron chi connectivity index (χ0n) is 14.7. The maximum Gasteiger partial charge on any atom is 0.419 e. The number of likely N-dealkylation sites (N-methyl/N-ethyl adjacent to an activating group) is 1. The molecule has 0 unspecified atom stereocenters. The van der Waals surface area contributed by atoms with Crippen LogP contribution in [-0.4, -0.2) is 34.5 Å². The first-order chi connectivity index (χ1) is 11.9. The van der Waals surface area contributed by atoms with E-state index in [-0.39, 0.29) is 42.0 Å². The summed E-state index contributed by atoms with van der Waals surface area (Å²) in [5.41, 5.74) is 0.516. The number of aromatic nitrogens is 1. The number of nitrogens with zero attached hydrogens (tertiary/aromatic N) is 2. The highest BCUT2D eigenvalue weighted by atomic mass is 35.5. The smallest absolute Gasteiger partial charge is 0.407 e. The molecule has 0 radical (unpaired) electrons. The quantitative estimate of drug-likeness (QED) is 0.501. The Morgan fingerprint density at radius 3 is 2.81 bits per heavy atom. The van der Waals surface area contributed by atoms with Gasteiger partial charge in [0.25, 0.3) is 5.69 Å². The van der Waals surface area contributed by atoms with Gasteiger partial charge in [-0.1, -0.05) is 6.92 Å². The zero-order valence-corrected chi connectivity index (χ0v) is 15.5. The van der Waals surface area contributed by atoms with Gasteiger partial charge in [0.15, 0.2) is 5.58 Å². The average molecular weight is 387 g/mol. The molecule has 0 aliphatic carbocycles. The Kier molecular flexibility index (Phi) is 8.27. The molecule has 0 bridgehead atoms.